The second-order valence-electron chi connectivity index (χ2n) is 8.61. The molecule has 1 aromatic carbocycles. The Bertz CT molecular complexity index is 922. The van der Waals surface area contributed by atoms with E-state index in [1.165, 1.54) is 0 Å². The second-order valence-corrected chi connectivity index (χ2v) is 8.61. The minimum Gasteiger partial charge on any atom is -0.340 e. The molecule has 2 unspecified atom stereocenters. The Balaban J connectivity index is 1.65. The van der Waals surface area contributed by atoms with Gasteiger partial charge in [-0.3, -0.25) is 19.4 Å². The molecular formula is C25H32N4O3. The minimum atomic E-state index is -0.683. The Morgan fingerprint density at radius 2 is 1.62 bits per heavy atom. The molecule has 0 aliphatic carbocycles. The number of aromatic nitrogens is 1. The first-order valence-corrected chi connectivity index (χ1v) is 11.3. The molecular weight excluding hydrogens is 404 g/mol. The van der Waals surface area contributed by atoms with Gasteiger partial charge < -0.3 is 15.5 Å². The summed E-state index contributed by atoms with van der Waals surface area (Å²) in [6.45, 7) is 7.65. The van der Waals surface area contributed by atoms with E-state index in [9.17, 15) is 14.4 Å². The molecule has 2 heterocycles. The van der Waals surface area contributed by atoms with E-state index in [-0.39, 0.29) is 23.6 Å². The van der Waals surface area contributed by atoms with E-state index >= 15 is 0 Å². The quantitative estimate of drug-likeness (QED) is 0.692. The summed E-state index contributed by atoms with van der Waals surface area (Å²) >= 11 is 0. The fourth-order valence-corrected chi connectivity index (χ4v) is 3.74. The average molecular weight is 437 g/mol. The van der Waals surface area contributed by atoms with Crippen LogP contribution in [0.1, 0.15) is 60.7 Å². The fraction of sp³-hybridized carbons (Fsp3) is 0.440. The fourth-order valence-electron chi connectivity index (χ4n) is 3.74. The van der Waals surface area contributed by atoms with Gasteiger partial charge >= 0.3 is 0 Å². The maximum Gasteiger partial charge on any atom is 0.253 e. The number of nitrogens with zero attached hydrogens (tertiary/aromatic N) is 2. The van der Waals surface area contributed by atoms with Crippen LogP contribution in [-0.2, 0) is 4.79 Å². The lowest BCUT2D eigenvalue weighted by Gasteiger charge is -2.30. The van der Waals surface area contributed by atoms with E-state index < -0.39 is 6.04 Å². The SMILES string of the molecule is CCC(C)C(NC(=O)c1ccc(C(=O)N2CCC(C)CC2)cc1)C(=O)Nc1ccncc1. The van der Waals surface area contributed by atoms with Crippen molar-refractivity contribution in [1.29, 1.82) is 0 Å². The summed E-state index contributed by atoms with van der Waals surface area (Å²) in [5.74, 6) is -0.0171. The molecule has 7 nitrogen and oxygen atoms in total. The summed E-state index contributed by atoms with van der Waals surface area (Å²) < 4.78 is 0. The number of hydrogen-bond acceptors (Lipinski definition) is 4. The molecule has 0 bridgehead atoms. The van der Waals surface area contributed by atoms with E-state index in [1.54, 1.807) is 48.8 Å². The lowest BCUT2D eigenvalue weighted by Crippen LogP contribution is -2.47. The zero-order valence-electron chi connectivity index (χ0n) is 19.0. The van der Waals surface area contributed by atoms with Crippen molar-refractivity contribution in [2.45, 2.75) is 46.1 Å². The van der Waals surface area contributed by atoms with Gasteiger partial charge in [0.05, 0.1) is 0 Å². The third-order valence-electron chi connectivity index (χ3n) is 6.19. The molecule has 7 heteroatoms. The van der Waals surface area contributed by atoms with Crippen LogP contribution >= 0.6 is 0 Å². The van der Waals surface area contributed by atoms with Crippen molar-refractivity contribution in [3.8, 4) is 0 Å². The normalized spacial score (nSPS) is 16.2. The summed E-state index contributed by atoms with van der Waals surface area (Å²) in [5, 5.41) is 5.69. The van der Waals surface area contributed by atoms with E-state index in [0.29, 0.717) is 22.7 Å². The number of pyridine rings is 1. The molecule has 2 atom stereocenters. The zero-order chi connectivity index (χ0) is 23.1. The van der Waals surface area contributed by atoms with Crippen molar-refractivity contribution in [2.75, 3.05) is 18.4 Å². The van der Waals surface area contributed by atoms with Gasteiger partial charge in [0.15, 0.2) is 0 Å². The number of piperidine rings is 1. The number of benzene rings is 1. The van der Waals surface area contributed by atoms with Gasteiger partial charge in [-0.1, -0.05) is 27.2 Å². The molecule has 32 heavy (non-hydrogen) atoms. The van der Waals surface area contributed by atoms with Gasteiger partial charge in [-0.2, -0.15) is 0 Å². The molecule has 2 aromatic rings. The summed E-state index contributed by atoms with van der Waals surface area (Å²) in [6.07, 6.45) is 5.96. The topological polar surface area (TPSA) is 91.4 Å². The number of carbonyl (C=O) groups is 3. The smallest absolute Gasteiger partial charge is 0.253 e. The van der Waals surface area contributed by atoms with Crippen molar-refractivity contribution in [2.24, 2.45) is 11.8 Å². The van der Waals surface area contributed by atoms with Crippen molar-refractivity contribution >= 4 is 23.4 Å². The van der Waals surface area contributed by atoms with Gasteiger partial charge in [0, 0.05) is 42.3 Å². The maximum atomic E-state index is 12.9. The van der Waals surface area contributed by atoms with Gasteiger partial charge in [-0.25, -0.2) is 0 Å². The molecule has 1 aliphatic rings. The van der Waals surface area contributed by atoms with Crippen molar-refractivity contribution in [3.63, 3.8) is 0 Å². The first-order valence-electron chi connectivity index (χ1n) is 11.3. The molecule has 3 amide bonds. The number of nitrogens with one attached hydrogen (secondary N) is 2. The van der Waals surface area contributed by atoms with E-state index in [1.807, 2.05) is 18.7 Å². The summed E-state index contributed by atoms with van der Waals surface area (Å²) in [4.78, 5) is 44.2. The van der Waals surface area contributed by atoms with Crippen molar-refractivity contribution in [3.05, 3.63) is 59.9 Å². The molecule has 0 radical (unpaired) electrons. The van der Waals surface area contributed by atoms with Gasteiger partial charge in [-0.15, -0.1) is 0 Å². The largest absolute Gasteiger partial charge is 0.340 e. The third kappa shape index (κ3) is 5.93. The summed E-state index contributed by atoms with van der Waals surface area (Å²) in [6, 6.07) is 9.37. The van der Waals surface area contributed by atoms with Gasteiger partial charge in [0.25, 0.3) is 11.8 Å². The third-order valence-corrected chi connectivity index (χ3v) is 6.19. The van der Waals surface area contributed by atoms with Crippen molar-refractivity contribution in [1.82, 2.24) is 15.2 Å². The standard InChI is InChI=1S/C25H32N4O3/c1-4-18(3)22(24(31)27-21-9-13-26-14-10-21)28-23(30)19-5-7-20(8-6-19)25(32)29-15-11-17(2)12-16-29/h5-10,13-14,17-18,22H,4,11-12,15-16H2,1-3H3,(H,28,30)(H,26,27,31). The van der Waals surface area contributed by atoms with Crippen molar-refractivity contribution < 1.29 is 14.4 Å². The van der Waals surface area contributed by atoms with Crippen LogP contribution in [0.2, 0.25) is 0 Å². The van der Waals surface area contributed by atoms with Crippen LogP contribution in [0.5, 0.6) is 0 Å². The van der Waals surface area contributed by atoms with Crippen LogP contribution in [0.25, 0.3) is 0 Å². The molecule has 2 N–H and O–H groups in total. The highest BCUT2D eigenvalue weighted by Crippen LogP contribution is 2.19. The number of hydrogen-bond donors (Lipinski definition) is 2. The second kappa shape index (κ2) is 10.9. The predicted molar refractivity (Wildman–Crippen MR) is 124 cm³/mol. The Morgan fingerprint density at radius 3 is 2.22 bits per heavy atom. The Labute approximate surface area is 189 Å². The van der Waals surface area contributed by atoms with Crippen LogP contribution < -0.4 is 10.6 Å². The van der Waals surface area contributed by atoms with Gasteiger partial charge in [-0.05, 0) is 61.1 Å². The number of anilines is 1. The molecule has 170 valence electrons. The van der Waals surface area contributed by atoms with Crippen LogP contribution in [0.3, 0.4) is 0 Å². The highest BCUT2D eigenvalue weighted by molar-refractivity contribution is 6.02. The van der Waals surface area contributed by atoms with E-state index in [0.717, 1.165) is 32.4 Å². The van der Waals surface area contributed by atoms with Crippen LogP contribution in [0.15, 0.2) is 48.8 Å². The monoisotopic (exact) mass is 436 g/mol. The summed E-state index contributed by atoms with van der Waals surface area (Å²) in [5.41, 5.74) is 1.62. The highest BCUT2D eigenvalue weighted by Gasteiger charge is 2.27. The molecule has 0 saturated carbocycles. The average Bonchev–Trinajstić information content (AvgIpc) is 2.82. The summed E-state index contributed by atoms with van der Waals surface area (Å²) in [7, 11) is 0. The molecule has 1 aromatic heterocycles. The van der Waals surface area contributed by atoms with Crippen LogP contribution in [0.4, 0.5) is 5.69 Å². The van der Waals surface area contributed by atoms with Crippen LogP contribution in [0, 0.1) is 11.8 Å². The molecule has 0 spiro atoms. The predicted octanol–water partition coefficient (Wildman–Crippen LogP) is 3.74. The van der Waals surface area contributed by atoms with E-state index in [2.05, 4.69) is 22.5 Å². The number of likely N-dealkylation sites (tertiary alicyclic amines) is 1. The van der Waals surface area contributed by atoms with E-state index in [4.69, 9.17) is 0 Å². The Hall–Kier alpha value is -3.22. The number of rotatable bonds is 7. The van der Waals surface area contributed by atoms with Gasteiger partial charge in [0.2, 0.25) is 5.91 Å². The highest BCUT2D eigenvalue weighted by atomic mass is 16.2. The van der Waals surface area contributed by atoms with Crippen LogP contribution in [-0.4, -0.2) is 46.7 Å². The molecule has 1 saturated heterocycles. The first kappa shape index (κ1) is 23.4. The Kier molecular flexibility index (Phi) is 7.98. The molecule has 1 fully saturated rings. The lowest BCUT2D eigenvalue weighted by atomic mass is 9.97. The maximum absolute atomic E-state index is 12.9. The number of carbonyl (C=O) groups excluding carboxylic acids is 3. The lowest BCUT2D eigenvalue weighted by molar-refractivity contribution is -0.119. The van der Waals surface area contributed by atoms with Gasteiger partial charge in [0.1, 0.15) is 6.04 Å². The minimum absolute atomic E-state index is 0.00179. The zero-order valence-corrected chi connectivity index (χ0v) is 19.0. The first-order chi connectivity index (χ1) is 15.4. The number of amides is 3. The Morgan fingerprint density at radius 1 is 1.03 bits per heavy atom. The molecule has 1 aliphatic heterocycles. The molecule has 3 rings (SSSR count).